The zero-order chi connectivity index (χ0) is 14.8. The minimum absolute atomic E-state index is 0.154. The van der Waals surface area contributed by atoms with Crippen LogP contribution in [-0.2, 0) is 4.79 Å². The number of carbonyl (C=O) groups is 2. The Balaban J connectivity index is 2.70. The number of hydrogen-bond donors (Lipinski definition) is 2. The van der Waals surface area contributed by atoms with Crippen LogP contribution in [-0.4, -0.2) is 40.1 Å². The summed E-state index contributed by atoms with van der Waals surface area (Å²) in [7, 11) is 0. The number of nitrogens with zero attached hydrogens (tertiary/aromatic N) is 1. The minimum Gasteiger partial charge on any atom is -0.480 e. The van der Waals surface area contributed by atoms with E-state index in [2.05, 4.69) is 19.2 Å². The molecule has 2 N–H and O–H groups in total. The van der Waals surface area contributed by atoms with E-state index in [1.165, 1.54) is 4.90 Å². The SMILES string of the molecule is CC1CCC(NC(=O)N(CC(=O)O)C(C)(C)C)C1C. The summed E-state index contributed by atoms with van der Waals surface area (Å²) in [5.74, 6) is 0.0568. The zero-order valence-electron chi connectivity index (χ0n) is 12.6. The van der Waals surface area contributed by atoms with Gasteiger partial charge in [-0.05, 0) is 45.4 Å². The Morgan fingerprint density at radius 2 is 1.84 bits per heavy atom. The number of carbonyl (C=O) groups excluding carboxylic acids is 1. The Bertz CT molecular complexity index is 349. The highest BCUT2D eigenvalue weighted by atomic mass is 16.4. The quantitative estimate of drug-likeness (QED) is 0.827. The molecule has 1 fully saturated rings. The van der Waals surface area contributed by atoms with E-state index in [4.69, 9.17) is 5.11 Å². The van der Waals surface area contributed by atoms with Crippen LogP contribution in [0.3, 0.4) is 0 Å². The van der Waals surface area contributed by atoms with Crippen LogP contribution in [0.1, 0.15) is 47.5 Å². The summed E-state index contributed by atoms with van der Waals surface area (Å²) in [5.41, 5.74) is -0.504. The van der Waals surface area contributed by atoms with E-state index in [1.807, 2.05) is 20.8 Å². The number of urea groups is 1. The van der Waals surface area contributed by atoms with Crippen LogP contribution >= 0.6 is 0 Å². The molecule has 0 bridgehead atoms. The number of nitrogens with one attached hydrogen (secondary N) is 1. The Morgan fingerprint density at radius 3 is 2.21 bits per heavy atom. The third kappa shape index (κ3) is 4.11. The summed E-state index contributed by atoms with van der Waals surface area (Å²) < 4.78 is 0. The molecule has 0 radical (unpaired) electrons. The molecule has 3 atom stereocenters. The number of rotatable bonds is 3. The molecule has 2 amide bonds. The van der Waals surface area contributed by atoms with Crippen LogP contribution in [0.4, 0.5) is 4.79 Å². The van der Waals surface area contributed by atoms with Crippen molar-refractivity contribution in [3.8, 4) is 0 Å². The van der Waals surface area contributed by atoms with Gasteiger partial charge in [0, 0.05) is 11.6 Å². The van der Waals surface area contributed by atoms with E-state index < -0.39 is 11.5 Å². The highest BCUT2D eigenvalue weighted by Crippen LogP contribution is 2.31. The first-order valence-corrected chi connectivity index (χ1v) is 6.93. The van der Waals surface area contributed by atoms with E-state index in [9.17, 15) is 9.59 Å². The molecule has 0 heterocycles. The fraction of sp³-hybridized carbons (Fsp3) is 0.857. The standard InChI is InChI=1S/C14H26N2O3/c1-9-6-7-11(10(9)2)15-13(19)16(8-12(17)18)14(3,4)5/h9-11H,6-8H2,1-5H3,(H,15,19)(H,17,18). The van der Waals surface area contributed by atoms with Gasteiger partial charge in [-0.1, -0.05) is 13.8 Å². The zero-order valence-corrected chi connectivity index (χ0v) is 12.6. The summed E-state index contributed by atoms with van der Waals surface area (Å²) in [6.07, 6.45) is 2.08. The van der Waals surface area contributed by atoms with Gasteiger partial charge in [-0.2, -0.15) is 0 Å². The fourth-order valence-corrected chi connectivity index (χ4v) is 2.55. The normalized spacial score (nSPS) is 27.1. The molecule has 1 rings (SSSR count). The molecular weight excluding hydrogens is 244 g/mol. The smallest absolute Gasteiger partial charge is 0.323 e. The molecule has 0 aromatic rings. The lowest BCUT2D eigenvalue weighted by molar-refractivity contribution is -0.138. The van der Waals surface area contributed by atoms with Gasteiger partial charge in [0.05, 0.1) is 0 Å². The fourth-order valence-electron chi connectivity index (χ4n) is 2.55. The van der Waals surface area contributed by atoms with Crippen LogP contribution in [0, 0.1) is 11.8 Å². The van der Waals surface area contributed by atoms with Gasteiger partial charge in [-0.3, -0.25) is 4.79 Å². The van der Waals surface area contributed by atoms with Crippen molar-refractivity contribution in [3.05, 3.63) is 0 Å². The van der Waals surface area contributed by atoms with Gasteiger partial charge in [-0.25, -0.2) is 4.79 Å². The predicted octanol–water partition coefficient (Wildman–Crippen LogP) is 2.32. The minimum atomic E-state index is -0.988. The van der Waals surface area contributed by atoms with Crippen LogP contribution in [0.25, 0.3) is 0 Å². The highest BCUT2D eigenvalue weighted by molar-refractivity contribution is 5.81. The van der Waals surface area contributed by atoms with Crippen molar-refractivity contribution in [1.82, 2.24) is 10.2 Å². The molecule has 110 valence electrons. The van der Waals surface area contributed by atoms with Gasteiger partial charge in [0.15, 0.2) is 0 Å². The molecule has 1 saturated carbocycles. The maximum absolute atomic E-state index is 12.3. The third-order valence-corrected chi connectivity index (χ3v) is 4.12. The van der Waals surface area contributed by atoms with Crippen molar-refractivity contribution in [2.75, 3.05) is 6.54 Å². The Hall–Kier alpha value is -1.26. The molecule has 0 aromatic heterocycles. The monoisotopic (exact) mass is 270 g/mol. The second kappa shape index (κ2) is 5.80. The van der Waals surface area contributed by atoms with Crippen molar-refractivity contribution in [1.29, 1.82) is 0 Å². The number of aliphatic carboxylic acids is 1. The van der Waals surface area contributed by atoms with Crippen LogP contribution < -0.4 is 5.32 Å². The number of carboxylic acid groups (broad SMARTS) is 1. The van der Waals surface area contributed by atoms with Crippen LogP contribution in [0.15, 0.2) is 0 Å². The van der Waals surface area contributed by atoms with E-state index in [-0.39, 0.29) is 18.6 Å². The van der Waals surface area contributed by atoms with Gasteiger partial charge in [0.2, 0.25) is 0 Å². The van der Waals surface area contributed by atoms with Gasteiger partial charge in [-0.15, -0.1) is 0 Å². The van der Waals surface area contributed by atoms with Crippen LogP contribution in [0.2, 0.25) is 0 Å². The van der Waals surface area contributed by atoms with Gasteiger partial charge in [0.1, 0.15) is 6.54 Å². The van der Waals surface area contributed by atoms with Gasteiger partial charge < -0.3 is 15.3 Å². The van der Waals surface area contributed by atoms with E-state index in [0.29, 0.717) is 11.8 Å². The molecule has 19 heavy (non-hydrogen) atoms. The molecule has 5 nitrogen and oxygen atoms in total. The molecule has 0 aliphatic heterocycles. The Morgan fingerprint density at radius 1 is 1.26 bits per heavy atom. The molecule has 1 aliphatic carbocycles. The Labute approximate surface area is 115 Å². The number of carboxylic acids is 1. The summed E-state index contributed by atoms with van der Waals surface area (Å²) in [6.45, 7) is 9.59. The molecule has 0 saturated heterocycles. The van der Waals surface area contributed by atoms with Crippen molar-refractivity contribution >= 4 is 12.0 Å². The maximum atomic E-state index is 12.3. The molecular formula is C14H26N2O3. The predicted molar refractivity (Wildman–Crippen MR) is 74.0 cm³/mol. The summed E-state index contributed by atoms with van der Waals surface area (Å²) >= 11 is 0. The van der Waals surface area contributed by atoms with E-state index in [1.54, 1.807) is 0 Å². The van der Waals surface area contributed by atoms with Gasteiger partial charge in [0.25, 0.3) is 0 Å². The first-order chi connectivity index (χ1) is 8.62. The van der Waals surface area contributed by atoms with E-state index >= 15 is 0 Å². The molecule has 5 heteroatoms. The van der Waals surface area contributed by atoms with Crippen molar-refractivity contribution in [2.45, 2.75) is 59.0 Å². The van der Waals surface area contributed by atoms with Gasteiger partial charge >= 0.3 is 12.0 Å². The highest BCUT2D eigenvalue weighted by Gasteiger charge is 2.34. The number of amides is 2. The first-order valence-electron chi connectivity index (χ1n) is 6.93. The third-order valence-electron chi connectivity index (χ3n) is 4.12. The average molecular weight is 270 g/mol. The Kier molecular flexibility index (Phi) is 4.82. The number of hydrogen-bond acceptors (Lipinski definition) is 2. The second-order valence-electron chi connectivity index (χ2n) is 6.62. The van der Waals surface area contributed by atoms with Crippen molar-refractivity contribution in [2.24, 2.45) is 11.8 Å². The summed E-state index contributed by atoms with van der Waals surface area (Å²) in [5, 5.41) is 11.9. The second-order valence-corrected chi connectivity index (χ2v) is 6.62. The molecule has 0 spiro atoms. The van der Waals surface area contributed by atoms with Crippen molar-refractivity contribution < 1.29 is 14.7 Å². The first kappa shape index (κ1) is 15.8. The molecule has 3 unspecified atom stereocenters. The lowest BCUT2D eigenvalue weighted by Gasteiger charge is -2.35. The lowest BCUT2D eigenvalue weighted by atomic mass is 9.98. The average Bonchev–Trinajstić information content (AvgIpc) is 2.56. The molecule has 1 aliphatic rings. The lowest BCUT2D eigenvalue weighted by Crippen LogP contribution is -2.54. The van der Waals surface area contributed by atoms with E-state index in [0.717, 1.165) is 12.8 Å². The summed E-state index contributed by atoms with van der Waals surface area (Å²) in [6, 6.07) is -0.123. The topological polar surface area (TPSA) is 69.6 Å². The maximum Gasteiger partial charge on any atom is 0.323 e. The molecule has 0 aromatic carbocycles. The van der Waals surface area contributed by atoms with Crippen molar-refractivity contribution in [3.63, 3.8) is 0 Å². The van der Waals surface area contributed by atoms with Crippen LogP contribution in [0.5, 0.6) is 0 Å². The largest absolute Gasteiger partial charge is 0.480 e. The summed E-state index contributed by atoms with van der Waals surface area (Å²) in [4.78, 5) is 24.6.